The first-order valence-corrected chi connectivity index (χ1v) is 7.41. The predicted octanol–water partition coefficient (Wildman–Crippen LogP) is 4.21. The van der Waals surface area contributed by atoms with Gasteiger partial charge in [0.15, 0.2) is 0 Å². The van der Waals surface area contributed by atoms with E-state index in [1.807, 2.05) is 18.2 Å². The number of unbranched alkanes of at least 4 members (excludes halogenated alkanes) is 3. The third kappa shape index (κ3) is 5.71. The van der Waals surface area contributed by atoms with Crippen LogP contribution in [0.15, 0.2) is 18.2 Å². The summed E-state index contributed by atoms with van der Waals surface area (Å²) in [4.78, 5) is 11.1. The van der Waals surface area contributed by atoms with E-state index in [1.54, 1.807) is 0 Å². The first kappa shape index (κ1) is 15.3. The fraction of sp³-hybridized carbons (Fsp3) is 0.500. The number of benzene rings is 1. The molecule has 0 aliphatic carbocycles. The Morgan fingerprint density at radius 1 is 1.33 bits per heavy atom. The number of hydrogen-bond acceptors (Lipinski definition) is 2. The normalized spacial score (nSPS) is 10.2. The molecule has 0 heterocycles. The Morgan fingerprint density at radius 3 is 2.78 bits per heavy atom. The lowest BCUT2D eigenvalue weighted by Gasteiger charge is -2.12. The summed E-state index contributed by atoms with van der Waals surface area (Å²) in [5.41, 5.74) is 0.749. The maximum Gasteiger partial charge on any atom is 0.221 e. The Labute approximate surface area is 122 Å². The summed E-state index contributed by atoms with van der Waals surface area (Å²) < 4.78 is 6.85. The Bertz CT molecular complexity index is 393. The van der Waals surface area contributed by atoms with Crippen LogP contribution in [-0.4, -0.2) is 12.5 Å². The van der Waals surface area contributed by atoms with Crippen molar-refractivity contribution in [2.45, 2.75) is 39.5 Å². The lowest BCUT2D eigenvalue weighted by Crippen LogP contribution is -2.08. The van der Waals surface area contributed by atoms with Crippen LogP contribution in [0.25, 0.3) is 0 Å². The molecule has 0 bridgehead atoms. The number of carbonyl (C=O) groups excluding carboxylic acids is 1. The van der Waals surface area contributed by atoms with Crippen molar-refractivity contribution in [3.05, 3.63) is 21.8 Å². The van der Waals surface area contributed by atoms with E-state index in [1.165, 1.54) is 26.2 Å². The molecule has 0 radical (unpaired) electrons. The molecule has 0 aliphatic rings. The zero-order chi connectivity index (χ0) is 13.4. The molecule has 0 saturated carbocycles. The van der Waals surface area contributed by atoms with E-state index in [9.17, 15) is 4.79 Å². The van der Waals surface area contributed by atoms with E-state index >= 15 is 0 Å². The minimum absolute atomic E-state index is 0.0768. The molecule has 0 saturated heterocycles. The van der Waals surface area contributed by atoms with E-state index < -0.39 is 0 Å². The van der Waals surface area contributed by atoms with Crippen LogP contribution >= 0.6 is 22.6 Å². The number of ether oxygens (including phenoxy) is 1. The summed E-state index contributed by atoms with van der Waals surface area (Å²) in [5.74, 6) is 0.681. The van der Waals surface area contributed by atoms with E-state index in [0.717, 1.165) is 21.4 Å². The second kappa shape index (κ2) is 8.34. The average molecular weight is 361 g/mol. The monoisotopic (exact) mass is 361 g/mol. The lowest BCUT2D eigenvalue weighted by molar-refractivity contribution is -0.114. The Morgan fingerprint density at radius 2 is 2.11 bits per heavy atom. The molecule has 0 aliphatic heterocycles. The molecule has 1 rings (SSSR count). The molecule has 1 N–H and O–H groups in total. The number of rotatable bonds is 7. The number of halogens is 1. The van der Waals surface area contributed by atoms with Gasteiger partial charge in [0.1, 0.15) is 5.75 Å². The van der Waals surface area contributed by atoms with Crippen LogP contribution in [0.2, 0.25) is 0 Å². The Balaban J connectivity index is 2.56. The van der Waals surface area contributed by atoms with Crippen LogP contribution in [0.3, 0.4) is 0 Å². The third-order valence-electron chi connectivity index (χ3n) is 2.51. The van der Waals surface area contributed by atoms with Crippen molar-refractivity contribution in [2.75, 3.05) is 11.9 Å². The highest BCUT2D eigenvalue weighted by Crippen LogP contribution is 2.27. The minimum atomic E-state index is -0.0768. The van der Waals surface area contributed by atoms with Gasteiger partial charge in [-0.1, -0.05) is 26.2 Å². The maximum absolute atomic E-state index is 11.1. The van der Waals surface area contributed by atoms with Crippen molar-refractivity contribution in [1.82, 2.24) is 0 Å². The molecule has 1 amide bonds. The fourth-order valence-electron chi connectivity index (χ4n) is 1.62. The minimum Gasteiger partial charge on any atom is -0.491 e. The van der Waals surface area contributed by atoms with Gasteiger partial charge in [-0.2, -0.15) is 0 Å². The number of nitrogens with one attached hydrogen (secondary N) is 1. The first-order chi connectivity index (χ1) is 8.63. The summed E-state index contributed by atoms with van der Waals surface area (Å²) >= 11 is 2.24. The van der Waals surface area contributed by atoms with Gasteiger partial charge in [-0.3, -0.25) is 4.79 Å². The molecular formula is C14H20INO2. The Kier molecular flexibility index (Phi) is 7.08. The number of hydrogen-bond donors (Lipinski definition) is 1. The predicted molar refractivity (Wildman–Crippen MR) is 83.1 cm³/mol. The summed E-state index contributed by atoms with van der Waals surface area (Å²) in [6.07, 6.45) is 4.71. The van der Waals surface area contributed by atoms with Gasteiger partial charge < -0.3 is 10.1 Å². The molecule has 100 valence electrons. The highest BCUT2D eigenvalue weighted by molar-refractivity contribution is 14.1. The van der Waals surface area contributed by atoms with Crippen molar-refractivity contribution in [1.29, 1.82) is 0 Å². The van der Waals surface area contributed by atoms with E-state index in [-0.39, 0.29) is 5.91 Å². The van der Waals surface area contributed by atoms with Crippen molar-refractivity contribution in [3.63, 3.8) is 0 Å². The van der Waals surface area contributed by atoms with Crippen LogP contribution in [0, 0.1) is 3.57 Å². The molecular weight excluding hydrogens is 341 g/mol. The Hall–Kier alpha value is -0.780. The fourth-order valence-corrected chi connectivity index (χ4v) is 2.08. The van der Waals surface area contributed by atoms with Gasteiger partial charge in [0.25, 0.3) is 0 Å². The molecule has 1 aromatic rings. The van der Waals surface area contributed by atoms with Crippen molar-refractivity contribution in [2.24, 2.45) is 0 Å². The van der Waals surface area contributed by atoms with Gasteiger partial charge in [0, 0.05) is 10.5 Å². The summed E-state index contributed by atoms with van der Waals surface area (Å²) in [6.45, 7) is 4.39. The average Bonchev–Trinajstić information content (AvgIpc) is 2.31. The SMILES string of the molecule is CCCCCCOc1cc(I)ccc1NC(C)=O. The van der Waals surface area contributed by atoms with Crippen molar-refractivity contribution < 1.29 is 9.53 Å². The number of amides is 1. The lowest BCUT2D eigenvalue weighted by atomic mass is 10.2. The topological polar surface area (TPSA) is 38.3 Å². The molecule has 0 aromatic heterocycles. The smallest absolute Gasteiger partial charge is 0.221 e. The molecule has 3 nitrogen and oxygen atoms in total. The van der Waals surface area contributed by atoms with E-state index in [2.05, 4.69) is 34.8 Å². The second-order valence-electron chi connectivity index (χ2n) is 4.23. The standard InChI is InChI=1S/C14H20INO2/c1-3-4-5-6-9-18-14-10-12(15)7-8-13(14)16-11(2)17/h7-8,10H,3-6,9H2,1-2H3,(H,16,17). The maximum atomic E-state index is 11.1. The third-order valence-corrected chi connectivity index (χ3v) is 3.18. The highest BCUT2D eigenvalue weighted by Gasteiger charge is 2.06. The highest BCUT2D eigenvalue weighted by atomic mass is 127. The van der Waals surface area contributed by atoms with Crippen molar-refractivity contribution in [3.8, 4) is 5.75 Å². The quantitative estimate of drug-likeness (QED) is 0.584. The van der Waals surface area contributed by atoms with Gasteiger partial charge >= 0.3 is 0 Å². The first-order valence-electron chi connectivity index (χ1n) is 6.33. The molecule has 4 heteroatoms. The van der Waals surface area contributed by atoms with Crippen molar-refractivity contribution >= 4 is 34.2 Å². The van der Waals surface area contributed by atoms with Crippen LogP contribution < -0.4 is 10.1 Å². The zero-order valence-corrected chi connectivity index (χ0v) is 13.1. The van der Waals surface area contributed by atoms with Crippen LogP contribution in [0.5, 0.6) is 5.75 Å². The van der Waals surface area contributed by atoms with Gasteiger partial charge in [0.2, 0.25) is 5.91 Å². The number of carbonyl (C=O) groups is 1. The van der Waals surface area contributed by atoms with Gasteiger partial charge in [-0.05, 0) is 47.2 Å². The largest absolute Gasteiger partial charge is 0.491 e. The van der Waals surface area contributed by atoms with E-state index in [0.29, 0.717) is 6.61 Å². The summed E-state index contributed by atoms with van der Waals surface area (Å²) in [7, 11) is 0. The molecule has 0 fully saturated rings. The van der Waals surface area contributed by atoms with Gasteiger partial charge in [-0.25, -0.2) is 0 Å². The molecule has 0 unspecified atom stereocenters. The second-order valence-corrected chi connectivity index (χ2v) is 5.48. The molecule has 1 aromatic carbocycles. The molecule has 0 atom stereocenters. The molecule has 18 heavy (non-hydrogen) atoms. The van der Waals surface area contributed by atoms with Crippen LogP contribution in [0.1, 0.15) is 39.5 Å². The summed E-state index contributed by atoms with van der Waals surface area (Å²) in [6, 6.07) is 5.78. The van der Waals surface area contributed by atoms with Gasteiger partial charge in [-0.15, -0.1) is 0 Å². The number of anilines is 1. The summed E-state index contributed by atoms with van der Waals surface area (Å²) in [5, 5.41) is 2.79. The zero-order valence-electron chi connectivity index (χ0n) is 11.0. The van der Waals surface area contributed by atoms with Crippen LogP contribution in [-0.2, 0) is 4.79 Å². The molecule has 0 spiro atoms. The van der Waals surface area contributed by atoms with Gasteiger partial charge in [0.05, 0.1) is 12.3 Å². The van der Waals surface area contributed by atoms with Crippen LogP contribution in [0.4, 0.5) is 5.69 Å². The van der Waals surface area contributed by atoms with E-state index in [4.69, 9.17) is 4.74 Å².